The van der Waals surface area contributed by atoms with Gasteiger partial charge in [0.25, 0.3) is 0 Å². The standard InChI is InChI=1S/C11H9ClF3N3/c12-9-6-18(17-10(9)16)5-7-1-3-8(4-2-7)11(13,14)15/h1-4,6H,5H2,(H2,16,17). The van der Waals surface area contributed by atoms with Gasteiger partial charge in [0.1, 0.15) is 5.02 Å². The topological polar surface area (TPSA) is 43.8 Å². The van der Waals surface area contributed by atoms with E-state index in [0.717, 1.165) is 12.1 Å². The molecule has 0 bridgehead atoms. The largest absolute Gasteiger partial charge is 0.416 e. The molecule has 0 radical (unpaired) electrons. The maximum Gasteiger partial charge on any atom is 0.416 e. The SMILES string of the molecule is Nc1nn(Cc2ccc(C(F)(F)F)cc2)cc1Cl. The number of aromatic nitrogens is 2. The number of hydrogen-bond acceptors (Lipinski definition) is 2. The second kappa shape index (κ2) is 4.53. The number of rotatable bonds is 2. The Morgan fingerprint density at radius 2 is 1.83 bits per heavy atom. The summed E-state index contributed by atoms with van der Waals surface area (Å²) < 4.78 is 38.5. The molecule has 0 spiro atoms. The smallest absolute Gasteiger partial charge is 0.381 e. The van der Waals surface area contributed by atoms with Crippen LogP contribution >= 0.6 is 11.6 Å². The molecule has 7 heteroatoms. The van der Waals surface area contributed by atoms with Crippen LogP contribution in [0.4, 0.5) is 19.0 Å². The van der Waals surface area contributed by atoms with E-state index in [1.807, 2.05) is 0 Å². The maximum atomic E-state index is 12.4. The highest BCUT2D eigenvalue weighted by molar-refractivity contribution is 6.32. The van der Waals surface area contributed by atoms with E-state index < -0.39 is 11.7 Å². The van der Waals surface area contributed by atoms with Crippen LogP contribution in [0.15, 0.2) is 30.5 Å². The monoisotopic (exact) mass is 275 g/mol. The zero-order valence-electron chi connectivity index (χ0n) is 9.08. The van der Waals surface area contributed by atoms with E-state index in [2.05, 4.69) is 5.10 Å². The summed E-state index contributed by atoms with van der Waals surface area (Å²) in [5.74, 6) is 0.198. The van der Waals surface area contributed by atoms with Crippen molar-refractivity contribution in [1.29, 1.82) is 0 Å². The minimum Gasteiger partial charge on any atom is -0.381 e. The Morgan fingerprint density at radius 1 is 1.22 bits per heavy atom. The zero-order valence-corrected chi connectivity index (χ0v) is 9.83. The predicted molar refractivity (Wildman–Crippen MR) is 62.2 cm³/mol. The Balaban J connectivity index is 2.16. The number of nitrogen functional groups attached to an aromatic ring is 1. The first kappa shape index (κ1) is 12.8. The van der Waals surface area contributed by atoms with Crippen molar-refractivity contribution >= 4 is 17.4 Å². The van der Waals surface area contributed by atoms with Crippen LogP contribution in [0.5, 0.6) is 0 Å². The van der Waals surface area contributed by atoms with Crippen molar-refractivity contribution in [3.63, 3.8) is 0 Å². The van der Waals surface area contributed by atoms with E-state index in [0.29, 0.717) is 17.1 Å². The van der Waals surface area contributed by atoms with E-state index in [1.165, 1.54) is 23.0 Å². The van der Waals surface area contributed by atoms with Crippen molar-refractivity contribution in [2.24, 2.45) is 0 Å². The number of nitrogens with zero attached hydrogens (tertiary/aromatic N) is 2. The van der Waals surface area contributed by atoms with Crippen molar-refractivity contribution in [2.45, 2.75) is 12.7 Å². The number of anilines is 1. The first-order valence-electron chi connectivity index (χ1n) is 5.01. The summed E-state index contributed by atoms with van der Waals surface area (Å²) in [6.07, 6.45) is -2.80. The van der Waals surface area contributed by atoms with E-state index in [1.54, 1.807) is 0 Å². The normalized spacial score (nSPS) is 11.8. The molecule has 2 N–H and O–H groups in total. The fourth-order valence-electron chi connectivity index (χ4n) is 1.48. The van der Waals surface area contributed by atoms with Gasteiger partial charge >= 0.3 is 6.18 Å². The third kappa shape index (κ3) is 2.76. The second-order valence-electron chi connectivity index (χ2n) is 3.75. The molecule has 0 atom stereocenters. The Labute approximate surface area is 106 Å². The molecule has 0 aliphatic rings. The van der Waals surface area contributed by atoms with Gasteiger partial charge in [0, 0.05) is 6.20 Å². The van der Waals surface area contributed by atoms with Gasteiger partial charge in [-0.3, -0.25) is 4.68 Å². The highest BCUT2D eigenvalue weighted by atomic mass is 35.5. The van der Waals surface area contributed by atoms with Gasteiger partial charge in [-0.25, -0.2) is 0 Å². The number of halogens is 4. The molecule has 0 aliphatic carbocycles. The highest BCUT2D eigenvalue weighted by Crippen LogP contribution is 2.29. The average molecular weight is 276 g/mol. The van der Waals surface area contributed by atoms with Gasteiger partial charge in [-0.05, 0) is 17.7 Å². The van der Waals surface area contributed by atoms with Gasteiger partial charge in [-0.2, -0.15) is 18.3 Å². The van der Waals surface area contributed by atoms with E-state index in [-0.39, 0.29) is 5.82 Å². The van der Waals surface area contributed by atoms with Crippen LogP contribution < -0.4 is 5.73 Å². The second-order valence-corrected chi connectivity index (χ2v) is 4.16. The summed E-state index contributed by atoms with van der Waals surface area (Å²) in [6, 6.07) is 4.86. The average Bonchev–Trinajstić information content (AvgIpc) is 2.57. The summed E-state index contributed by atoms with van der Waals surface area (Å²) in [5.41, 5.74) is 5.47. The summed E-state index contributed by atoms with van der Waals surface area (Å²) in [4.78, 5) is 0. The van der Waals surface area contributed by atoms with Gasteiger partial charge in [0.05, 0.1) is 12.1 Å². The Kier molecular flexibility index (Phi) is 3.21. The molecule has 18 heavy (non-hydrogen) atoms. The van der Waals surface area contributed by atoms with Gasteiger partial charge < -0.3 is 5.73 Å². The summed E-state index contributed by atoms with van der Waals surface area (Å²) in [6.45, 7) is 0.315. The molecule has 0 aliphatic heterocycles. The molecule has 1 aromatic carbocycles. The predicted octanol–water partition coefficient (Wildman–Crippen LogP) is 3.19. The molecule has 96 valence electrons. The van der Waals surface area contributed by atoms with Crippen molar-refractivity contribution in [2.75, 3.05) is 5.73 Å². The lowest BCUT2D eigenvalue weighted by Gasteiger charge is -2.07. The Hall–Kier alpha value is -1.69. The molecule has 2 rings (SSSR count). The third-order valence-electron chi connectivity index (χ3n) is 2.37. The first-order chi connectivity index (χ1) is 8.36. The number of alkyl halides is 3. The molecule has 0 unspecified atom stereocenters. The summed E-state index contributed by atoms with van der Waals surface area (Å²) in [7, 11) is 0. The lowest BCUT2D eigenvalue weighted by atomic mass is 10.1. The quantitative estimate of drug-likeness (QED) is 0.915. The third-order valence-corrected chi connectivity index (χ3v) is 2.66. The van der Waals surface area contributed by atoms with E-state index in [9.17, 15) is 13.2 Å². The summed E-state index contributed by atoms with van der Waals surface area (Å²) in [5, 5.41) is 4.24. The van der Waals surface area contributed by atoms with Crippen LogP contribution in [0.2, 0.25) is 5.02 Å². The van der Waals surface area contributed by atoms with Crippen molar-refractivity contribution in [3.8, 4) is 0 Å². The molecule has 0 amide bonds. The van der Waals surface area contributed by atoms with Crippen molar-refractivity contribution in [3.05, 3.63) is 46.6 Å². The van der Waals surface area contributed by atoms with Crippen LogP contribution in [0.3, 0.4) is 0 Å². The molecule has 0 fully saturated rings. The van der Waals surface area contributed by atoms with Gasteiger partial charge in [-0.1, -0.05) is 23.7 Å². The lowest BCUT2D eigenvalue weighted by molar-refractivity contribution is -0.137. The molecule has 1 aromatic heterocycles. The Bertz CT molecular complexity index is 526. The molecular weight excluding hydrogens is 267 g/mol. The first-order valence-corrected chi connectivity index (χ1v) is 5.38. The molecular formula is C11H9ClF3N3. The lowest BCUT2D eigenvalue weighted by Crippen LogP contribution is -2.06. The minimum absolute atomic E-state index is 0.198. The fraction of sp³-hybridized carbons (Fsp3) is 0.182. The van der Waals surface area contributed by atoms with Crippen LogP contribution in [-0.2, 0) is 12.7 Å². The molecule has 3 nitrogen and oxygen atoms in total. The fourth-order valence-corrected chi connectivity index (χ4v) is 1.63. The highest BCUT2D eigenvalue weighted by Gasteiger charge is 2.29. The maximum absolute atomic E-state index is 12.4. The van der Waals surface area contributed by atoms with Crippen molar-refractivity contribution < 1.29 is 13.2 Å². The van der Waals surface area contributed by atoms with Gasteiger partial charge in [0.2, 0.25) is 0 Å². The van der Waals surface area contributed by atoms with E-state index >= 15 is 0 Å². The van der Waals surface area contributed by atoms with Crippen molar-refractivity contribution in [1.82, 2.24) is 9.78 Å². The van der Waals surface area contributed by atoms with Crippen LogP contribution in [-0.4, -0.2) is 9.78 Å². The molecule has 2 aromatic rings. The molecule has 0 saturated carbocycles. The molecule has 1 heterocycles. The zero-order chi connectivity index (χ0) is 13.3. The summed E-state index contributed by atoms with van der Waals surface area (Å²) >= 11 is 5.72. The minimum atomic E-state index is -4.32. The number of hydrogen-bond donors (Lipinski definition) is 1. The Morgan fingerprint density at radius 3 is 2.28 bits per heavy atom. The number of nitrogens with two attached hydrogens (primary N) is 1. The van der Waals surface area contributed by atoms with Crippen LogP contribution in [0.1, 0.15) is 11.1 Å². The molecule has 0 saturated heterocycles. The van der Waals surface area contributed by atoms with Gasteiger partial charge in [0.15, 0.2) is 5.82 Å². The number of benzene rings is 1. The van der Waals surface area contributed by atoms with Crippen LogP contribution in [0.25, 0.3) is 0 Å². The van der Waals surface area contributed by atoms with Crippen LogP contribution in [0, 0.1) is 0 Å². The van der Waals surface area contributed by atoms with E-state index in [4.69, 9.17) is 17.3 Å². The van der Waals surface area contributed by atoms with Gasteiger partial charge in [-0.15, -0.1) is 0 Å².